The van der Waals surface area contributed by atoms with Crippen LogP contribution in [0.5, 0.6) is 17.2 Å². The number of fused-ring (bicyclic) bond motifs is 3. The molecule has 6 heteroatoms. The Hall–Kier alpha value is -3.51. The van der Waals surface area contributed by atoms with Crippen LogP contribution in [0.2, 0.25) is 0 Å². The number of rotatable bonds is 6. The highest BCUT2D eigenvalue weighted by molar-refractivity contribution is 6.02. The number of ether oxygens (including phenoxy) is 3. The smallest absolute Gasteiger partial charge is 0.213 e. The molecule has 5 rings (SSSR count). The first kappa shape index (κ1) is 19.5. The molecular weight excluding hydrogens is 392 g/mol. The van der Waals surface area contributed by atoms with Gasteiger partial charge in [-0.2, -0.15) is 5.10 Å². The van der Waals surface area contributed by atoms with E-state index in [0.29, 0.717) is 0 Å². The Balaban J connectivity index is 1.48. The summed E-state index contributed by atoms with van der Waals surface area (Å²) in [4.78, 5) is 0. The quantitative estimate of drug-likeness (QED) is 0.649. The average Bonchev–Trinajstić information content (AvgIpc) is 3.28. The van der Waals surface area contributed by atoms with Crippen molar-refractivity contribution in [2.45, 2.75) is 18.7 Å². The predicted molar refractivity (Wildman–Crippen MR) is 118 cm³/mol. The van der Waals surface area contributed by atoms with E-state index in [4.69, 9.17) is 24.4 Å². The van der Waals surface area contributed by atoms with Gasteiger partial charge in [-0.3, -0.25) is 0 Å². The van der Waals surface area contributed by atoms with E-state index in [9.17, 15) is 0 Å². The number of hydrogen-bond acceptors (Lipinski definition) is 6. The van der Waals surface area contributed by atoms with Gasteiger partial charge in [-0.25, -0.2) is 5.01 Å². The lowest BCUT2D eigenvalue weighted by molar-refractivity contribution is -0.0190. The lowest BCUT2D eigenvalue weighted by atomic mass is 9.96. The molecule has 2 aliphatic rings. The summed E-state index contributed by atoms with van der Waals surface area (Å²) in [6.45, 7) is 0.263. The zero-order chi connectivity index (χ0) is 21.2. The topological polar surface area (TPSA) is 63.5 Å². The molecule has 6 nitrogen and oxygen atoms in total. The van der Waals surface area contributed by atoms with Crippen molar-refractivity contribution < 1.29 is 19.3 Å². The highest BCUT2D eigenvalue weighted by Crippen LogP contribution is 2.47. The molecule has 1 N–H and O–H groups in total. The van der Waals surface area contributed by atoms with Crippen molar-refractivity contribution in [2.24, 2.45) is 5.10 Å². The maximum Gasteiger partial charge on any atom is 0.213 e. The summed E-state index contributed by atoms with van der Waals surface area (Å²) in [5, 5.41) is 16.0. The molecule has 0 fully saturated rings. The molecule has 3 aromatic rings. The van der Waals surface area contributed by atoms with Gasteiger partial charge in [0.2, 0.25) is 6.23 Å². The van der Waals surface area contributed by atoms with Crippen LogP contribution in [0.1, 0.15) is 35.4 Å². The number of para-hydroxylation sites is 1. The zero-order valence-corrected chi connectivity index (χ0v) is 17.3. The van der Waals surface area contributed by atoms with Crippen LogP contribution in [0.15, 0.2) is 77.9 Å². The number of benzene rings is 3. The number of hydrogen-bond donors (Lipinski definition) is 1. The molecule has 158 valence electrons. The van der Waals surface area contributed by atoms with Gasteiger partial charge in [-0.1, -0.05) is 18.2 Å². The summed E-state index contributed by atoms with van der Waals surface area (Å²) in [6, 6.07) is 24.1. The molecule has 2 aliphatic heterocycles. The SMILES string of the molecule is COc1ccc(C2=NN3C(C2)c2ccccc2OC3c2ccc(OCCO)cc2)cc1. The van der Waals surface area contributed by atoms with Crippen molar-refractivity contribution in [2.75, 3.05) is 20.3 Å². The molecule has 0 radical (unpaired) electrons. The van der Waals surface area contributed by atoms with Crippen LogP contribution < -0.4 is 14.2 Å². The Kier molecular flexibility index (Phi) is 5.22. The number of methoxy groups -OCH3 is 1. The molecule has 0 aliphatic carbocycles. The van der Waals surface area contributed by atoms with Crippen LogP contribution >= 0.6 is 0 Å². The molecule has 2 heterocycles. The third-order valence-electron chi connectivity index (χ3n) is 5.65. The number of aliphatic hydroxyl groups excluding tert-OH is 1. The summed E-state index contributed by atoms with van der Waals surface area (Å²) in [5.74, 6) is 2.44. The largest absolute Gasteiger partial charge is 0.497 e. The summed E-state index contributed by atoms with van der Waals surface area (Å²) >= 11 is 0. The molecular formula is C25H24N2O4. The van der Waals surface area contributed by atoms with Gasteiger partial charge in [0.15, 0.2) is 0 Å². The summed E-state index contributed by atoms with van der Waals surface area (Å²) in [6.07, 6.45) is 0.475. The van der Waals surface area contributed by atoms with Crippen LogP contribution in [-0.4, -0.2) is 36.2 Å². The zero-order valence-electron chi connectivity index (χ0n) is 17.3. The first-order valence-electron chi connectivity index (χ1n) is 10.4. The summed E-state index contributed by atoms with van der Waals surface area (Å²) < 4.78 is 17.2. The van der Waals surface area contributed by atoms with Crippen LogP contribution in [-0.2, 0) is 0 Å². The highest BCUT2D eigenvalue weighted by atomic mass is 16.5. The second-order valence-electron chi connectivity index (χ2n) is 7.52. The fourth-order valence-electron chi connectivity index (χ4n) is 4.10. The standard InChI is InChI=1S/C25H24N2O4/c1-29-19-10-6-17(7-11-19)22-16-23-21-4-2-3-5-24(21)31-25(27(23)26-22)18-8-12-20(13-9-18)30-15-14-28/h2-13,23,25,28H,14-16H2,1H3. The maximum absolute atomic E-state index is 8.96. The molecule has 0 saturated heterocycles. The highest BCUT2D eigenvalue weighted by Gasteiger charge is 2.40. The van der Waals surface area contributed by atoms with Gasteiger partial charge in [0.05, 0.1) is 25.5 Å². The number of aliphatic hydroxyl groups is 1. The molecule has 0 aromatic heterocycles. The van der Waals surface area contributed by atoms with Crippen LogP contribution in [0.4, 0.5) is 0 Å². The molecule has 0 spiro atoms. The Labute approximate surface area is 181 Å². The van der Waals surface area contributed by atoms with Gasteiger partial charge >= 0.3 is 0 Å². The first-order valence-corrected chi connectivity index (χ1v) is 10.4. The van der Waals surface area contributed by atoms with Crippen molar-refractivity contribution in [1.29, 1.82) is 0 Å². The number of nitrogens with zero attached hydrogens (tertiary/aromatic N) is 2. The monoisotopic (exact) mass is 416 g/mol. The van der Waals surface area contributed by atoms with E-state index in [2.05, 4.69) is 11.1 Å². The fraction of sp³-hybridized carbons (Fsp3) is 0.240. The summed E-state index contributed by atoms with van der Waals surface area (Å²) in [7, 11) is 1.67. The normalized spacial score (nSPS) is 19.2. The van der Waals surface area contributed by atoms with Crippen LogP contribution in [0.3, 0.4) is 0 Å². The first-order chi connectivity index (χ1) is 15.3. The molecule has 0 amide bonds. The van der Waals surface area contributed by atoms with E-state index < -0.39 is 0 Å². The van der Waals surface area contributed by atoms with E-state index in [-0.39, 0.29) is 25.5 Å². The third kappa shape index (κ3) is 3.70. The Morgan fingerprint density at radius 2 is 1.74 bits per heavy atom. The van der Waals surface area contributed by atoms with Gasteiger partial charge in [0.25, 0.3) is 0 Å². The van der Waals surface area contributed by atoms with Crippen molar-refractivity contribution in [1.82, 2.24) is 5.01 Å². The second kappa shape index (κ2) is 8.32. The Morgan fingerprint density at radius 3 is 2.48 bits per heavy atom. The lowest BCUT2D eigenvalue weighted by Crippen LogP contribution is -2.33. The van der Waals surface area contributed by atoms with Gasteiger partial charge < -0.3 is 19.3 Å². The van der Waals surface area contributed by atoms with Gasteiger partial charge in [0.1, 0.15) is 23.9 Å². The van der Waals surface area contributed by atoms with Crippen molar-refractivity contribution in [3.8, 4) is 17.2 Å². The van der Waals surface area contributed by atoms with E-state index >= 15 is 0 Å². The van der Waals surface area contributed by atoms with Crippen molar-refractivity contribution in [3.63, 3.8) is 0 Å². The minimum absolute atomic E-state index is 0.0113. The molecule has 0 saturated carbocycles. The Bertz CT molecular complexity index is 1080. The lowest BCUT2D eigenvalue weighted by Gasteiger charge is -2.38. The molecule has 2 unspecified atom stereocenters. The van der Waals surface area contributed by atoms with E-state index in [0.717, 1.165) is 46.1 Å². The van der Waals surface area contributed by atoms with Gasteiger partial charge in [-0.05, 0) is 60.2 Å². The van der Waals surface area contributed by atoms with E-state index in [1.807, 2.05) is 66.7 Å². The number of hydrazone groups is 1. The van der Waals surface area contributed by atoms with Gasteiger partial charge in [-0.15, -0.1) is 0 Å². The molecule has 2 atom stereocenters. The molecule has 3 aromatic carbocycles. The minimum atomic E-state index is -0.331. The predicted octanol–water partition coefficient (Wildman–Crippen LogP) is 4.31. The summed E-state index contributed by atoms with van der Waals surface area (Å²) in [5.41, 5.74) is 4.25. The van der Waals surface area contributed by atoms with Crippen molar-refractivity contribution in [3.05, 3.63) is 89.5 Å². The average molecular weight is 416 g/mol. The van der Waals surface area contributed by atoms with Crippen LogP contribution in [0.25, 0.3) is 0 Å². The van der Waals surface area contributed by atoms with Crippen molar-refractivity contribution >= 4 is 5.71 Å². The molecule has 31 heavy (non-hydrogen) atoms. The second-order valence-corrected chi connectivity index (χ2v) is 7.52. The van der Waals surface area contributed by atoms with Crippen LogP contribution in [0, 0.1) is 0 Å². The van der Waals surface area contributed by atoms with Gasteiger partial charge in [0, 0.05) is 17.5 Å². The van der Waals surface area contributed by atoms with E-state index in [1.165, 1.54) is 0 Å². The fourth-order valence-corrected chi connectivity index (χ4v) is 4.10. The maximum atomic E-state index is 8.96. The third-order valence-corrected chi connectivity index (χ3v) is 5.65. The Morgan fingerprint density at radius 1 is 1.00 bits per heavy atom. The van der Waals surface area contributed by atoms with E-state index in [1.54, 1.807) is 7.11 Å². The molecule has 0 bridgehead atoms. The minimum Gasteiger partial charge on any atom is -0.497 e.